The zero-order valence-electron chi connectivity index (χ0n) is 7.03. The van der Waals surface area contributed by atoms with E-state index < -0.39 is 9.25 Å². The van der Waals surface area contributed by atoms with Crippen LogP contribution in [0.4, 0.5) is 0 Å². The van der Waals surface area contributed by atoms with Gasteiger partial charge in [0.15, 0.2) is 0 Å². The van der Waals surface area contributed by atoms with E-state index in [2.05, 4.69) is 11.7 Å². The number of carbonyl (C=O) groups excluding carboxylic acids is 1. The lowest BCUT2D eigenvalue weighted by atomic mass is 10.2. The fraction of sp³-hybridized carbons (Fsp3) is 0.125. The van der Waals surface area contributed by atoms with Crippen molar-refractivity contribution in [1.82, 2.24) is 0 Å². The summed E-state index contributed by atoms with van der Waals surface area (Å²) < 4.78 is 0. The van der Waals surface area contributed by atoms with Crippen LogP contribution in [0.15, 0.2) is 24.3 Å². The first-order valence-corrected chi connectivity index (χ1v) is 7.03. The highest BCUT2D eigenvalue weighted by Crippen LogP contribution is 2.43. The summed E-state index contributed by atoms with van der Waals surface area (Å²) in [5, 5.41) is 5.99. The van der Waals surface area contributed by atoms with Crippen molar-refractivity contribution in [2.24, 2.45) is 5.14 Å². The van der Waals surface area contributed by atoms with Gasteiger partial charge in [0.1, 0.15) is 0 Å². The molecule has 1 aromatic rings. The van der Waals surface area contributed by atoms with E-state index in [9.17, 15) is 4.79 Å². The molecule has 0 aliphatic carbocycles. The fourth-order valence-electron chi connectivity index (χ4n) is 0.854. The van der Waals surface area contributed by atoms with Gasteiger partial charge in [0.05, 0.1) is 0 Å². The Balaban J connectivity index is 3.03. The standard InChI is InChI=1S/C8H10ClNOS2/c1-13(10,12)8(11)6-3-2-4-7(9)5-6/h2-5,12H,10H2,1H3. The third kappa shape index (κ3) is 2.91. The molecule has 0 amide bonds. The van der Waals surface area contributed by atoms with Crippen molar-refractivity contribution in [2.75, 3.05) is 6.26 Å². The van der Waals surface area contributed by atoms with Crippen molar-refractivity contribution in [3.63, 3.8) is 0 Å². The fourth-order valence-corrected chi connectivity index (χ4v) is 1.96. The van der Waals surface area contributed by atoms with Gasteiger partial charge in [0.2, 0.25) is 5.12 Å². The maximum Gasteiger partial charge on any atom is 0.222 e. The van der Waals surface area contributed by atoms with Gasteiger partial charge in [0, 0.05) is 10.6 Å². The van der Waals surface area contributed by atoms with Gasteiger partial charge >= 0.3 is 0 Å². The van der Waals surface area contributed by atoms with Crippen molar-refractivity contribution in [3.05, 3.63) is 34.9 Å². The topological polar surface area (TPSA) is 43.1 Å². The summed E-state index contributed by atoms with van der Waals surface area (Å²) in [6.45, 7) is 0. The lowest BCUT2D eigenvalue weighted by Crippen LogP contribution is -2.13. The van der Waals surface area contributed by atoms with E-state index in [1.807, 2.05) is 0 Å². The Morgan fingerprint density at radius 2 is 2.23 bits per heavy atom. The second-order valence-electron chi connectivity index (χ2n) is 2.73. The van der Waals surface area contributed by atoms with Crippen molar-refractivity contribution in [2.45, 2.75) is 0 Å². The van der Waals surface area contributed by atoms with Crippen LogP contribution in [0.1, 0.15) is 10.4 Å². The highest BCUT2D eigenvalue weighted by Gasteiger charge is 2.19. The summed E-state index contributed by atoms with van der Waals surface area (Å²) in [7, 11) is -1.98. The van der Waals surface area contributed by atoms with Crippen LogP contribution in [0.5, 0.6) is 0 Å². The van der Waals surface area contributed by atoms with Crippen LogP contribution in [0, 0.1) is 0 Å². The van der Waals surface area contributed by atoms with Gasteiger partial charge in [0.25, 0.3) is 0 Å². The Morgan fingerprint density at radius 1 is 1.62 bits per heavy atom. The summed E-state index contributed by atoms with van der Waals surface area (Å²) in [5.41, 5.74) is 0.516. The molecule has 0 spiro atoms. The zero-order valence-corrected chi connectivity index (χ0v) is 9.50. The molecule has 0 aliphatic heterocycles. The average Bonchev–Trinajstić information content (AvgIpc) is 2.01. The Labute approximate surface area is 88.7 Å². The SMILES string of the molecule is CS(N)(S)C(=O)c1cccc(Cl)c1. The first-order valence-electron chi connectivity index (χ1n) is 3.50. The highest BCUT2D eigenvalue weighted by molar-refractivity contribution is 8.93. The van der Waals surface area contributed by atoms with E-state index in [0.29, 0.717) is 10.6 Å². The molecule has 72 valence electrons. The Bertz CT molecular complexity index is 335. The maximum atomic E-state index is 11.6. The molecule has 2 nitrogen and oxygen atoms in total. The molecule has 0 saturated heterocycles. The first-order chi connectivity index (χ1) is 5.91. The van der Waals surface area contributed by atoms with Crippen LogP contribution in [0.2, 0.25) is 5.02 Å². The molecular weight excluding hydrogens is 226 g/mol. The summed E-state index contributed by atoms with van der Waals surface area (Å²) in [6, 6.07) is 6.70. The minimum atomic E-state index is -1.98. The average molecular weight is 236 g/mol. The van der Waals surface area contributed by atoms with Crippen LogP contribution in [-0.4, -0.2) is 11.4 Å². The molecule has 1 aromatic carbocycles. The van der Waals surface area contributed by atoms with Crippen LogP contribution < -0.4 is 5.14 Å². The van der Waals surface area contributed by atoms with E-state index in [0.717, 1.165) is 0 Å². The number of benzene rings is 1. The number of hydrogen-bond donors (Lipinski definition) is 2. The first kappa shape index (κ1) is 10.9. The second kappa shape index (κ2) is 3.92. The molecule has 5 heteroatoms. The number of nitrogens with two attached hydrogens (primary N) is 1. The van der Waals surface area contributed by atoms with Crippen molar-refractivity contribution >= 4 is 37.6 Å². The molecule has 0 aliphatic rings. The zero-order chi connectivity index (χ0) is 10.1. The summed E-state index contributed by atoms with van der Waals surface area (Å²) in [4.78, 5) is 11.6. The van der Waals surface area contributed by atoms with Crippen molar-refractivity contribution < 1.29 is 4.79 Å². The van der Waals surface area contributed by atoms with Crippen LogP contribution in [0.3, 0.4) is 0 Å². The predicted molar refractivity (Wildman–Crippen MR) is 62.5 cm³/mol. The third-order valence-electron chi connectivity index (χ3n) is 1.44. The predicted octanol–water partition coefficient (Wildman–Crippen LogP) is 2.63. The van der Waals surface area contributed by atoms with E-state index in [4.69, 9.17) is 16.7 Å². The number of rotatable bonds is 1. The van der Waals surface area contributed by atoms with Crippen LogP contribution >= 0.6 is 32.5 Å². The minimum absolute atomic E-state index is 0.154. The van der Waals surface area contributed by atoms with Gasteiger partial charge < -0.3 is 0 Å². The molecular formula is C8H10ClNOS2. The molecule has 1 rings (SSSR count). The largest absolute Gasteiger partial charge is 0.281 e. The Morgan fingerprint density at radius 3 is 2.69 bits per heavy atom. The summed E-state index contributed by atoms with van der Waals surface area (Å²) in [6.07, 6.45) is 1.62. The Kier molecular flexibility index (Phi) is 3.29. The van der Waals surface area contributed by atoms with E-state index >= 15 is 0 Å². The molecule has 13 heavy (non-hydrogen) atoms. The second-order valence-corrected chi connectivity index (χ2v) is 7.69. The van der Waals surface area contributed by atoms with Gasteiger partial charge in [-0.05, 0) is 18.4 Å². The molecule has 2 N–H and O–H groups in total. The molecule has 0 bridgehead atoms. The summed E-state index contributed by atoms with van der Waals surface area (Å²) in [5.74, 6) is 0. The molecule has 1 atom stereocenters. The molecule has 0 heterocycles. The lowest BCUT2D eigenvalue weighted by molar-refractivity contribution is 0.108. The number of carbonyl (C=O) groups is 1. The van der Waals surface area contributed by atoms with Gasteiger partial charge in [-0.15, -0.1) is 11.7 Å². The van der Waals surface area contributed by atoms with Gasteiger partial charge in [-0.1, -0.05) is 33.0 Å². The van der Waals surface area contributed by atoms with Gasteiger partial charge in [-0.25, -0.2) is 0 Å². The number of hydrogen-bond acceptors (Lipinski definition) is 3. The Hall–Kier alpha value is -0.160. The molecule has 0 fully saturated rings. The van der Waals surface area contributed by atoms with E-state index in [1.54, 1.807) is 30.5 Å². The normalized spacial score (nSPS) is 17.5. The maximum absolute atomic E-state index is 11.6. The van der Waals surface area contributed by atoms with Gasteiger partial charge in [-0.2, -0.15) is 0 Å². The van der Waals surface area contributed by atoms with E-state index in [1.165, 1.54) is 0 Å². The van der Waals surface area contributed by atoms with Crippen LogP contribution in [-0.2, 0) is 0 Å². The third-order valence-corrected chi connectivity index (χ3v) is 3.15. The molecule has 0 saturated carbocycles. The van der Waals surface area contributed by atoms with Crippen molar-refractivity contribution in [1.29, 1.82) is 0 Å². The van der Waals surface area contributed by atoms with Gasteiger partial charge in [-0.3, -0.25) is 9.93 Å². The van der Waals surface area contributed by atoms with Crippen LogP contribution in [0.25, 0.3) is 0 Å². The quantitative estimate of drug-likeness (QED) is 0.581. The summed E-state index contributed by atoms with van der Waals surface area (Å²) >= 11 is 9.79. The molecule has 0 aromatic heterocycles. The smallest absolute Gasteiger partial charge is 0.222 e. The molecule has 0 radical (unpaired) electrons. The van der Waals surface area contributed by atoms with Crippen molar-refractivity contribution in [3.8, 4) is 0 Å². The number of halogens is 1. The minimum Gasteiger partial charge on any atom is -0.281 e. The number of thiol groups is 1. The highest BCUT2D eigenvalue weighted by atomic mass is 35.5. The lowest BCUT2D eigenvalue weighted by Gasteiger charge is -2.21. The molecule has 1 unspecified atom stereocenters. The van der Waals surface area contributed by atoms with E-state index in [-0.39, 0.29) is 5.12 Å². The monoisotopic (exact) mass is 235 g/mol.